The number of hydrogen-bond donors (Lipinski definition) is 1. The van der Waals surface area contributed by atoms with Crippen molar-refractivity contribution in [2.75, 3.05) is 18.5 Å². The van der Waals surface area contributed by atoms with Crippen LogP contribution in [0.4, 0.5) is 10.1 Å². The molecule has 0 amide bonds. The van der Waals surface area contributed by atoms with E-state index in [9.17, 15) is 4.39 Å². The number of anilines is 1. The predicted molar refractivity (Wildman–Crippen MR) is 87.5 cm³/mol. The minimum atomic E-state index is -0.233. The summed E-state index contributed by atoms with van der Waals surface area (Å²) in [6.07, 6.45) is 1.97. The van der Waals surface area contributed by atoms with E-state index in [0.717, 1.165) is 37.3 Å². The number of nitriles is 1. The van der Waals surface area contributed by atoms with E-state index < -0.39 is 0 Å². The zero-order valence-corrected chi connectivity index (χ0v) is 12.8. The first kappa shape index (κ1) is 15.5. The van der Waals surface area contributed by atoms with Crippen LogP contribution in [-0.2, 0) is 4.74 Å². The lowest BCUT2D eigenvalue weighted by atomic mass is 9.94. The highest BCUT2D eigenvalue weighted by molar-refractivity contribution is 5.50. The van der Waals surface area contributed by atoms with Crippen LogP contribution in [0.5, 0.6) is 0 Å². The van der Waals surface area contributed by atoms with Crippen LogP contribution in [0.15, 0.2) is 48.5 Å². The van der Waals surface area contributed by atoms with Crippen molar-refractivity contribution in [2.45, 2.75) is 18.9 Å². The van der Waals surface area contributed by atoms with Gasteiger partial charge >= 0.3 is 0 Å². The lowest BCUT2D eigenvalue weighted by molar-refractivity contribution is 0.183. The number of benzene rings is 2. The molecule has 0 unspecified atom stereocenters. The molecule has 1 saturated heterocycles. The van der Waals surface area contributed by atoms with Crippen molar-refractivity contribution in [3.8, 4) is 6.07 Å². The largest absolute Gasteiger partial charge is 0.381 e. The molecule has 0 radical (unpaired) electrons. The molecule has 3 rings (SSSR count). The Morgan fingerprint density at radius 1 is 1.26 bits per heavy atom. The van der Waals surface area contributed by atoms with Crippen molar-refractivity contribution in [1.29, 1.82) is 5.26 Å². The quantitative estimate of drug-likeness (QED) is 0.896. The van der Waals surface area contributed by atoms with Gasteiger partial charge in [0.1, 0.15) is 5.82 Å². The molecule has 0 spiro atoms. The lowest BCUT2D eigenvalue weighted by Crippen LogP contribution is -2.16. The summed E-state index contributed by atoms with van der Waals surface area (Å²) in [6.45, 7) is 1.59. The van der Waals surface area contributed by atoms with Gasteiger partial charge in [-0.2, -0.15) is 5.26 Å². The highest BCUT2D eigenvalue weighted by Gasteiger charge is 2.22. The van der Waals surface area contributed by atoms with Gasteiger partial charge in [-0.25, -0.2) is 4.39 Å². The summed E-state index contributed by atoms with van der Waals surface area (Å²) in [7, 11) is 0. The molecule has 3 nitrogen and oxygen atoms in total. The molecule has 2 atom stereocenters. The Balaban J connectivity index is 1.81. The highest BCUT2D eigenvalue weighted by atomic mass is 19.1. The topological polar surface area (TPSA) is 45.0 Å². The number of hydrogen-bond acceptors (Lipinski definition) is 3. The third-order valence-electron chi connectivity index (χ3n) is 4.20. The van der Waals surface area contributed by atoms with Gasteiger partial charge in [-0.15, -0.1) is 0 Å². The summed E-state index contributed by atoms with van der Waals surface area (Å²) in [6, 6.07) is 16.2. The lowest BCUT2D eigenvalue weighted by Gasteiger charge is -2.23. The van der Waals surface area contributed by atoms with E-state index in [1.54, 1.807) is 6.07 Å². The van der Waals surface area contributed by atoms with E-state index in [1.165, 1.54) is 12.1 Å². The second-order valence-corrected chi connectivity index (χ2v) is 5.91. The van der Waals surface area contributed by atoms with Gasteiger partial charge in [-0.3, -0.25) is 0 Å². The summed E-state index contributed by atoms with van der Waals surface area (Å²) in [4.78, 5) is 0. The number of rotatable bonds is 5. The summed E-state index contributed by atoms with van der Waals surface area (Å²) >= 11 is 0. The molecule has 2 aromatic rings. The molecule has 0 bridgehead atoms. The fraction of sp³-hybridized carbons (Fsp3) is 0.316. The fourth-order valence-electron chi connectivity index (χ4n) is 2.96. The minimum Gasteiger partial charge on any atom is -0.381 e. The maximum absolute atomic E-state index is 13.2. The molecule has 23 heavy (non-hydrogen) atoms. The summed E-state index contributed by atoms with van der Waals surface area (Å²) in [5.74, 6) is 0.264. The summed E-state index contributed by atoms with van der Waals surface area (Å²) < 4.78 is 18.7. The van der Waals surface area contributed by atoms with Crippen LogP contribution in [0, 0.1) is 23.1 Å². The number of nitrogens with one attached hydrogen (secondary N) is 1. The van der Waals surface area contributed by atoms with Gasteiger partial charge in [0.25, 0.3) is 0 Å². The molecule has 1 N–H and O–H groups in total. The van der Waals surface area contributed by atoms with Crippen molar-refractivity contribution >= 4 is 5.69 Å². The molecule has 118 valence electrons. The van der Waals surface area contributed by atoms with E-state index in [1.807, 2.05) is 30.3 Å². The molecule has 4 heteroatoms. The van der Waals surface area contributed by atoms with Crippen LogP contribution in [0.3, 0.4) is 0 Å². The minimum absolute atomic E-state index is 0.0660. The second kappa shape index (κ2) is 7.26. The van der Waals surface area contributed by atoms with E-state index in [4.69, 9.17) is 10.00 Å². The molecule has 1 fully saturated rings. The number of ether oxygens (including phenoxy) is 1. The van der Waals surface area contributed by atoms with Gasteiger partial charge in [0, 0.05) is 18.9 Å². The van der Waals surface area contributed by atoms with E-state index in [-0.39, 0.29) is 11.9 Å². The van der Waals surface area contributed by atoms with E-state index >= 15 is 0 Å². The second-order valence-electron chi connectivity index (χ2n) is 5.91. The molecular weight excluding hydrogens is 291 g/mol. The average Bonchev–Trinajstić information content (AvgIpc) is 3.08. The Kier molecular flexibility index (Phi) is 4.89. The van der Waals surface area contributed by atoms with Crippen molar-refractivity contribution in [1.82, 2.24) is 0 Å². The smallest absolute Gasteiger partial charge is 0.123 e. The van der Waals surface area contributed by atoms with Crippen molar-refractivity contribution in [3.63, 3.8) is 0 Å². The van der Waals surface area contributed by atoms with Crippen molar-refractivity contribution in [2.24, 2.45) is 5.92 Å². The maximum atomic E-state index is 13.2. The molecule has 0 saturated carbocycles. The van der Waals surface area contributed by atoms with Crippen LogP contribution in [0.2, 0.25) is 0 Å². The third-order valence-corrected chi connectivity index (χ3v) is 4.20. The maximum Gasteiger partial charge on any atom is 0.123 e. The number of nitrogens with zero attached hydrogens (tertiary/aromatic N) is 1. The van der Waals surface area contributed by atoms with Crippen LogP contribution in [0.25, 0.3) is 0 Å². The van der Waals surface area contributed by atoms with Gasteiger partial charge in [0.2, 0.25) is 0 Å². The monoisotopic (exact) mass is 310 g/mol. The Morgan fingerprint density at radius 2 is 2.09 bits per heavy atom. The molecular formula is C19H19FN2O. The first-order chi connectivity index (χ1) is 11.2. The van der Waals surface area contributed by atoms with Gasteiger partial charge in [-0.05, 0) is 54.7 Å². The Bertz CT molecular complexity index is 687. The molecule has 2 aromatic carbocycles. The number of halogens is 1. The molecule has 1 aliphatic rings. The Labute approximate surface area is 135 Å². The van der Waals surface area contributed by atoms with Gasteiger partial charge < -0.3 is 10.1 Å². The fourth-order valence-corrected chi connectivity index (χ4v) is 2.96. The van der Waals surface area contributed by atoms with Crippen molar-refractivity contribution < 1.29 is 9.13 Å². The summed E-state index contributed by atoms with van der Waals surface area (Å²) in [5.41, 5.74) is 2.56. The standard InChI is InChI=1S/C19H19FN2O/c20-17-6-4-16(5-7-17)19(11-15-8-9-23-13-15)22-18-3-1-2-14(10-18)12-21/h1-7,10,15,19,22H,8-9,11,13H2/t15-,19-/m1/s1. The van der Waals surface area contributed by atoms with Crippen LogP contribution in [-0.4, -0.2) is 13.2 Å². The average molecular weight is 310 g/mol. The van der Waals surface area contributed by atoms with Crippen LogP contribution >= 0.6 is 0 Å². The predicted octanol–water partition coefficient (Wildman–Crippen LogP) is 4.28. The first-order valence-electron chi connectivity index (χ1n) is 7.84. The zero-order valence-electron chi connectivity index (χ0n) is 12.8. The molecule has 1 heterocycles. The molecule has 0 aromatic heterocycles. The summed E-state index contributed by atoms with van der Waals surface area (Å²) in [5, 5.41) is 12.5. The SMILES string of the molecule is N#Cc1cccc(N[C@H](C[C@H]2CCOC2)c2ccc(F)cc2)c1. The van der Waals surface area contributed by atoms with Gasteiger partial charge in [-0.1, -0.05) is 18.2 Å². The van der Waals surface area contributed by atoms with Crippen LogP contribution in [0.1, 0.15) is 30.0 Å². The van der Waals surface area contributed by atoms with Gasteiger partial charge in [0.15, 0.2) is 0 Å². The molecule has 1 aliphatic heterocycles. The van der Waals surface area contributed by atoms with Gasteiger partial charge in [0.05, 0.1) is 17.7 Å². The van der Waals surface area contributed by atoms with Crippen molar-refractivity contribution in [3.05, 3.63) is 65.5 Å². The third kappa shape index (κ3) is 4.08. The Morgan fingerprint density at radius 3 is 2.78 bits per heavy atom. The van der Waals surface area contributed by atoms with E-state index in [2.05, 4.69) is 11.4 Å². The normalized spacial score (nSPS) is 18.3. The van der Waals surface area contributed by atoms with E-state index in [0.29, 0.717) is 11.5 Å². The zero-order chi connectivity index (χ0) is 16.1. The first-order valence-corrected chi connectivity index (χ1v) is 7.84. The highest BCUT2D eigenvalue weighted by Crippen LogP contribution is 2.30. The molecule has 0 aliphatic carbocycles. The Hall–Kier alpha value is -2.38. The van der Waals surface area contributed by atoms with Crippen LogP contribution < -0.4 is 5.32 Å².